The number of benzene rings is 2. The highest BCUT2D eigenvalue weighted by Gasteiger charge is 2.47. The highest BCUT2D eigenvalue weighted by atomic mass is 35.5. The largest absolute Gasteiger partial charge is 0.434 e. The zero-order valence-corrected chi connectivity index (χ0v) is 22.9. The van der Waals surface area contributed by atoms with Crippen molar-refractivity contribution in [2.45, 2.75) is 63.1 Å². The number of carbonyl (C=O) groups is 3. The van der Waals surface area contributed by atoms with Crippen molar-refractivity contribution in [2.75, 3.05) is 13.2 Å². The highest BCUT2D eigenvalue weighted by molar-refractivity contribution is 6.30. The maximum atomic E-state index is 15.8. The van der Waals surface area contributed by atoms with Crippen LogP contribution in [0, 0.1) is 11.3 Å². The van der Waals surface area contributed by atoms with Crippen molar-refractivity contribution in [1.82, 2.24) is 16.0 Å². The summed E-state index contributed by atoms with van der Waals surface area (Å²) in [6, 6.07) is 11.0. The molecular weight excluding hydrogens is 544 g/mol. The Morgan fingerprint density at radius 2 is 1.90 bits per heavy atom. The molecule has 11 heteroatoms. The summed E-state index contributed by atoms with van der Waals surface area (Å²) in [7, 11) is 0. The molecule has 1 heterocycles. The molecule has 0 spiro atoms. The van der Waals surface area contributed by atoms with Crippen molar-refractivity contribution in [1.29, 1.82) is 0 Å². The summed E-state index contributed by atoms with van der Waals surface area (Å²) in [4.78, 5) is 38.3. The molecule has 2 aromatic rings. The van der Waals surface area contributed by atoms with E-state index in [0.717, 1.165) is 18.9 Å². The summed E-state index contributed by atoms with van der Waals surface area (Å²) < 4.78 is 36.9. The summed E-state index contributed by atoms with van der Waals surface area (Å²) in [6.45, 7) is 2.10. The van der Waals surface area contributed by atoms with Crippen LogP contribution in [0.5, 0.6) is 0 Å². The van der Waals surface area contributed by atoms with Crippen molar-refractivity contribution >= 4 is 29.5 Å². The van der Waals surface area contributed by atoms with Gasteiger partial charge in [-0.05, 0) is 55.2 Å². The molecule has 4 N–H and O–H groups in total. The normalized spacial score (nSPS) is 20.1. The van der Waals surface area contributed by atoms with E-state index in [1.54, 1.807) is 18.2 Å². The molecule has 4 rings (SSSR count). The molecule has 1 saturated heterocycles. The summed E-state index contributed by atoms with van der Waals surface area (Å²) in [5, 5.41) is 17.9. The van der Waals surface area contributed by atoms with Crippen molar-refractivity contribution in [3.63, 3.8) is 0 Å². The number of alkyl halides is 2. The molecule has 8 nitrogen and oxygen atoms in total. The van der Waals surface area contributed by atoms with Gasteiger partial charge in [0.05, 0.1) is 12.6 Å². The average Bonchev–Trinajstić information content (AvgIpc) is 3.52. The van der Waals surface area contributed by atoms with Crippen molar-refractivity contribution in [3.8, 4) is 0 Å². The van der Waals surface area contributed by atoms with Crippen LogP contribution in [0.25, 0.3) is 0 Å². The predicted molar refractivity (Wildman–Crippen MR) is 145 cm³/mol. The number of amides is 3. The second-order valence-corrected chi connectivity index (χ2v) is 11.4. The lowest BCUT2D eigenvalue weighted by Gasteiger charge is -2.29. The maximum Gasteiger partial charge on any atom is 0.408 e. The van der Waals surface area contributed by atoms with Crippen LogP contribution in [0.4, 0.5) is 13.6 Å². The van der Waals surface area contributed by atoms with Gasteiger partial charge >= 0.3 is 12.0 Å². The molecule has 2 fully saturated rings. The number of hydrogen-bond acceptors (Lipinski definition) is 5. The van der Waals surface area contributed by atoms with Gasteiger partial charge in [0.2, 0.25) is 11.8 Å². The Balaban J connectivity index is 1.50. The fraction of sp³-hybridized carbons (Fsp3) is 0.483. The summed E-state index contributed by atoms with van der Waals surface area (Å²) in [5.74, 6) is -4.70. The van der Waals surface area contributed by atoms with Crippen molar-refractivity contribution in [3.05, 3.63) is 70.7 Å². The van der Waals surface area contributed by atoms with Gasteiger partial charge in [-0.15, -0.1) is 0 Å². The van der Waals surface area contributed by atoms with Gasteiger partial charge in [0.25, 0.3) is 0 Å². The molecule has 2 aromatic carbocycles. The molecule has 2 aliphatic rings. The molecule has 1 unspecified atom stereocenters. The Bertz CT molecular complexity index is 1210. The summed E-state index contributed by atoms with van der Waals surface area (Å²) in [5.41, 5.74) is -0.560. The zero-order chi connectivity index (χ0) is 28.9. The van der Waals surface area contributed by atoms with Crippen molar-refractivity contribution < 1.29 is 33.0 Å². The maximum absolute atomic E-state index is 15.8. The van der Waals surface area contributed by atoms with Crippen LogP contribution in [0.15, 0.2) is 54.6 Å². The first-order valence-electron chi connectivity index (χ1n) is 13.4. The summed E-state index contributed by atoms with van der Waals surface area (Å²) in [6.07, 6.45) is -0.397. The quantitative estimate of drug-likeness (QED) is 0.297. The van der Waals surface area contributed by atoms with Crippen LogP contribution in [0.2, 0.25) is 5.02 Å². The zero-order valence-electron chi connectivity index (χ0n) is 22.2. The van der Waals surface area contributed by atoms with Gasteiger partial charge < -0.3 is 25.8 Å². The van der Waals surface area contributed by atoms with E-state index in [1.165, 1.54) is 30.3 Å². The smallest absolute Gasteiger partial charge is 0.408 e. The molecule has 1 aliphatic carbocycles. The Kier molecular flexibility index (Phi) is 9.30. The highest BCUT2D eigenvalue weighted by Crippen LogP contribution is 2.49. The number of alkyl carbamates (subject to hydrolysis) is 1. The Morgan fingerprint density at radius 1 is 1.18 bits per heavy atom. The first kappa shape index (κ1) is 29.7. The lowest BCUT2D eigenvalue weighted by molar-refractivity contribution is -0.128. The molecule has 1 aliphatic heterocycles. The molecule has 40 heavy (non-hydrogen) atoms. The van der Waals surface area contributed by atoms with E-state index < -0.39 is 48.3 Å². The van der Waals surface area contributed by atoms with E-state index in [0.29, 0.717) is 13.0 Å². The average molecular weight is 578 g/mol. The van der Waals surface area contributed by atoms with Crippen LogP contribution in [0.1, 0.15) is 56.3 Å². The molecule has 1 saturated carbocycles. The number of halogens is 3. The lowest BCUT2D eigenvalue weighted by Crippen LogP contribution is -2.52. The first-order chi connectivity index (χ1) is 19.0. The van der Waals surface area contributed by atoms with E-state index in [9.17, 15) is 19.5 Å². The van der Waals surface area contributed by atoms with E-state index in [4.69, 9.17) is 16.3 Å². The lowest BCUT2D eigenvalue weighted by atomic mass is 9.96. The second-order valence-electron chi connectivity index (χ2n) is 10.9. The van der Waals surface area contributed by atoms with Gasteiger partial charge in [0, 0.05) is 23.0 Å². The van der Waals surface area contributed by atoms with E-state index >= 15 is 8.78 Å². The van der Waals surface area contributed by atoms with Gasteiger partial charge in [0.1, 0.15) is 6.04 Å². The Morgan fingerprint density at radius 3 is 2.50 bits per heavy atom. The fourth-order valence-electron chi connectivity index (χ4n) is 4.92. The minimum atomic E-state index is -3.65. The number of ether oxygens (including phenoxy) is 1. The number of aliphatic hydroxyl groups is 1. The number of carbonyl (C=O) groups excluding carboxylic acids is 3. The van der Waals surface area contributed by atoms with Crippen LogP contribution in [-0.4, -0.2) is 48.2 Å². The predicted octanol–water partition coefficient (Wildman–Crippen LogP) is 4.46. The topological polar surface area (TPSA) is 117 Å². The van der Waals surface area contributed by atoms with Crippen LogP contribution < -0.4 is 16.0 Å². The van der Waals surface area contributed by atoms with E-state index in [1.807, 2.05) is 6.92 Å². The van der Waals surface area contributed by atoms with Crippen molar-refractivity contribution in [2.24, 2.45) is 11.3 Å². The summed E-state index contributed by atoms with van der Waals surface area (Å²) >= 11 is 5.96. The van der Waals surface area contributed by atoms with E-state index in [-0.39, 0.29) is 40.7 Å². The number of aliphatic hydroxyl groups excluding tert-OH is 1. The van der Waals surface area contributed by atoms with Gasteiger partial charge in [-0.2, -0.15) is 8.78 Å². The molecule has 216 valence electrons. The number of nitrogens with one attached hydrogen (secondary N) is 3. The monoisotopic (exact) mass is 577 g/mol. The third kappa shape index (κ3) is 7.48. The third-order valence-corrected chi connectivity index (χ3v) is 7.81. The Labute approximate surface area is 236 Å². The molecule has 4 atom stereocenters. The van der Waals surface area contributed by atoms with E-state index in [2.05, 4.69) is 16.0 Å². The van der Waals surface area contributed by atoms with Gasteiger partial charge in [-0.1, -0.05) is 61.0 Å². The van der Waals surface area contributed by atoms with Gasteiger partial charge in [-0.3, -0.25) is 9.59 Å². The molecule has 0 aromatic heterocycles. The minimum Gasteiger partial charge on any atom is -0.434 e. The number of rotatable bonds is 12. The minimum absolute atomic E-state index is 0.0629. The fourth-order valence-corrected chi connectivity index (χ4v) is 5.11. The van der Waals surface area contributed by atoms with Gasteiger partial charge in [0.15, 0.2) is 6.10 Å². The SMILES string of the molecule is CC1(C[C@H](NC(=O)OC(c2ccccc2)C(F)(F)c2cccc(Cl)c2)C(=O)N[C@H](CO)C[C@@H]2CCNC2=O)CC1. The molecule has 0 radical (unpaired) electrons. The van der Waals surface area contributed by atoms with Crippen LogP contribution >= 0.6 is 11.6 Å². The third-order valence-electron chi connectivity index (χ3n) is 7.57. The molecule has 3 amide bonds. The van der Waals surface area contributed by atoms with Crippen LogP contribution in [0.3, 0.4) is 0 Å². The Hall–Kier alpha value is -3.24. The standard InChI is InChI=1S/C29H34ClF2N3O5/c1-28(11-12-28)16-23(26(38)34-22(17-36)14-19-10-13-33-25(19)37)35-27(39)40-24(18-6-3-2-4-7-18)29(31,32)20-8-5-9-21(30)15-20/h2-9,15,19,22-24,36H,10-14,16-17H2,1H3,(H,33,37)(H,34,38)(H,35,39)/t19-,22-,23-,24?/m0/s1. The molecule has 0 bridgehead atoms. The number of hydrogen-bond donors (Lipinski definition) is 4. The van der Waals surface area contributed by atoms with Crippen LogP contribution in [-0.2, 0) is 20.2 Å². The second kappa shape index (κ2) is 12.5. The molecular formula is C29H34ClF2N3O5. The first-order valence-corrected chi connectivity index (χ1v) is 13.7. The van der Waals surface area contributed by atoms with Gasteiger partial charge in [-0.25, -0.2) is 4.79 Å².